The summed E-state index contributed by atoms with van der Waals surface area (Å²) in [6.07, 6.45) is 5.76. The largest absolute Gasteiger partial charge is 0.510 e. The second-order valence-corrected chi connectivity index (χ2v) is 12.8. The summed E-state index contributed by atoms with van der Waals surface area (Å²) < 4.78 is 8.90. The molecule has 8 aromatic rings. The monoisotopic (exact) mass is 869 g/mol. The van der Waals surface area contributed by atoms with Crippen LogP contribution in [0.1, 0.15) is 11.1 Å². The number of aromatic nitrogens is 5. The minimum atomic E-state index is 0. The SMILES string of the molecule is Cc1ccc(-c2nc(-c3ccc(C)cc3)nc(-c3cc4c5ccccc5n(-c5ccccn5)c4[c-]c3Oc3[c-]c(N4C=CN(C)[CH-]4)ccc3)n2)cc1.[Pt]. The number of hydrogen-bond donors (Lipinski definition) is 0. The van der Waals surface area contributed by atoms with Crippen LogP contribution in [0.15, 0.2) is 134 Å². The number of benzene rings is 5. The van der Waals surface area contributed by atoms with Gasteiger partial charge in [-0.15, -0.1) is 41.4 Å². The van der Waals surface area contributed by atoms with Crippen LogP contribution in [-0.2, 0) is 21.1 Å². The molecule has 0 atom stereocenters. The predicted octanol–water partition coefficient (Wildman–Crippen LogP) is 9.71. The van der Waals surface area contributed by atoms with E-state index in [2.05, 4.69) is 73.0 Å². The number of para-hydroxylation sites is 1. The van der Waals surface area contributed by atoms with Gasteiger partial charge in [-0.2, -0.15) is 12.7 Å². The molecule has 0 saturated heterocycles. The fraction of sp³-hybridized carbons (Fsp3) is 0.0682. The zero-order valence-corrected chi connectivity index (χ0v) is 31.4. The van der Waals surface area contributed by atoms with Crippen molar-refractivity contribution in [3.05, 3.63) is 164 Å². The number of aryl methyl sites for hydroxylation is 2. The van der Waals surface area contributed by atoms with Gasteiger partial charge in [0, 0.05) is 55.4 Å². The smallest absolute Gasteiger partial charge is 0.162 e. The first-order valence-corrected chi connectivity index (χ1v) is 17.0. The van der Waals surface area contributed by atoms with Crippen LogP contribution < -0.4 is 9.64 Å². The van der Waals surface area contributed by atoms with Crippen molar-refractivity contribution in [1.82, 2.24) is 29.4 Å². The Kier molecular flexibility index (Phi) is 9.07. The van der Waals surface area contributed by atoms with Crippen LogP contribution in [0, 0.1) is 32.6 Å². The van der Waals surface area contributed by atoms with Crippen LogP contribution >= 0.6 is 0 Å². The summed E-state index contributed by atoms with van der Waals surface area (Å²) in [6.45, 7) is 6.12. The molecule has 53 heavy (non-hydrogen) atoms. The molecule has 3 aromatic heterocycles. The maximum atomic E-state index is 6.79. The number of fused-ring (bicyclic) bond motifs is 3. The summed E-state index contributed by atoms with van der Waals surface area (Å²) in [5, 5.41) is 2.02. The summed E-state index contributed by atoms with van der Waals surface area (Å²) in [7, 11) is 1.98. The van der Waals surface area contributed by atoms with E-state index in [9.17, 15) is 0 Å². The van der Waals surface area contributed by atoms with Crippen molar-refractivity contribution < 1.29 is 25.8 Å². The summed E-state index contributed by atoms with van der Waals surface area (Å²) in [6, 6.07) is 45.7. The number of anilines is 1. The molecule has 0 fully saturated rings. The fourth-order valence-electron chi connectivity index (χ4n) is 6.40. The van der Waals surface area contributed by atoms with Crippen molar-refractivity contribution >= 4 is 27.5 Å². The molecule has 1 aliphatic rings. The van der Waals surface area contributed by atoms with Gasteiger partial charge >= 0.3 is 0 Å². The molecule has 0 radical (unpaired) electrons. The summed E-state index contributed by atoms with van der Waals surface area (Å²) in [5.41, 5.74) is 7.43. The number of ether oxygens (including phenoxy) is 1. The van der Waals surface area contributed by atoms with Crippen LogP contribution in [0.5, 0.6) is 11.5 Å². The van der Waals surface area contributed by atoms with Gasteiger partial charge in [-0.3, -0.25) is 0 Å². The molecule has 0 aliphatic carbocycles. The minimum absolute atomic E-state index is 0. The van der Waals surface area contributed by atoms with E-state index in [1.807, 2.05) is 109 Å². The molecule has 262 valence electrons. The number of rotatable bonds is 7. The average Bonchev–Trinajstić information content (AvgIpc) is 3.76. The quantitative estimate of drug-likeness (QED) is 0.148. The standard InChI is InChI=1S/C44H32N7O.Pt/c1-29-14-18-31(19-15-29)42-46-43(32-20-16-30(2)17-21-32)48-44(47-42)37-26-36-35-11-4-5-12-38(35)51(41-13-6-7-22-45-41)39(36)27-40(37)52-34-10-8-9-33(25-34)50-24-23-49(3)28-50;/h4-24,26,28H,1-3H3;/q-3;. The normalized spacial score (nSPS) is 12.4. The van der Waals surface area contributed by atoms with Gasteiger partial charge in [-0.25, -0.2) is 19.9 Å². The van der Waals surface area contributed by atoms with Crippen LogP contribution in [-0.4, -0.2) is 36.5 Å². The maximum absolute atomic E-state index is 6.79. The molecule has 5 aromatic carbocycles. The van der Waals surface area contributed by atoms with E-state index >= 15 is 0 Å². The first-order valence-electron chi connectivity index (χ1n) is 17.0. The molecule has 0 saturated carbocycles. The third kappa shape index (κ3) is 6.58. The van der Waals surface area contributed by atoms with Gasteiger partial charge in [-0.05, 0) is 62.4 Å². The Labute approximate surface area is 322 Å². The van der Waals surface area contributed by atoms with Gasteiger partial charge in [0.05, 0.1) is 0 Å². The second kappa shape index (κ2) is 14.1. The van der Waals surface area contributed by atoms with E-state index < -0.39 is 0 Å². The topological polar surface area (TPSA) is 72.2 Å². The van der Waals surface area contributed by atoms with Crippen LogP contribution in [0.4, 0.5) is 5.69 Å². The molecular formula is C44H32N7OPt-3. The Morgan fingerprint density at radius 3 is 2.00 bits per heavy atom. The summed E-state index contributed by atoms with van der Waals surface area (Å²) >= 11 is 0. The molecule has 4 heterocycles. The van der Waals surface area contributed by atoms with Gasteiger partial charge < -0.3 is 19.1 Å². The Morgan fingerprint density at radius 2 is 1.34 bits per heavy atom. The van der Waals surface area contributed by atoms with Gasteiger partial charge in [-0.1, -0.05) is 89.4 Å². The van der Waals surface area contributed by atoms with E-state index in [1.54, 1.807) is 6.20 Å². The number of nitrogens with zero attached hydrogens (tertiary/aromatic N) is 7. The minimum Gasteiger partial charge on any atom is -0.510 e. The third-order valence-electron chi connectivity index (χ3n) is 9.07. The fourth-order valence-corrected chi connectivity index (χ4v) is 6.40. The molecule has 1 aliphatic heterocycles. The molecule has 9 heteroatoms. The Balaban J connectivity index is 0.00000400. The van der Waals surface area contributed by atoms with Crippen LogP contribution in [0.2, 0.25) is 0 Å². The van der Waals surface area contributed by atoms with E-state index in [4.69, 9.17) is 24.7 Å². The first-order chi connectivity index (χ1) is 25.5. The van der Waals surface area contributed by atoms with Crippen molar-refractivity contribution in [1.29, 1.82) is 0 Å². The first kappa shape index (κ1) is 34.0. The molecule has 0 N–H and O–H groups in total. The maximum Gasteiger partial charge on any atom is 0.162 e. The summed E-state index contributed by atoms with van der Waals surface area (Å²) in [4.78, 5) is 23.9. The Bertz CT molecular complexity index is 2560. The van der Waals surface area contributed by atoms with Crippen molar-refractivity contribution in [3.63, 3.8) is 0 Å². The summed E-state index contributed by atoms with van der Waals surface area (Å²) in [5.74, 6) is 3.36. The Hall–Kier alpha value is -6.11. The average molecular weight is 870 g/mol. The number of pyridine rings is 1. The van der Waals surface area contributed by atoms with Crippen molar-refractivity contribution in [2.24, 2.45) is 0 Å². The van der Waals surface area contributed by atoms with E-state index in [1.165, 1.54) is 0 Å². The molecule has 9 rings (SSSR count). The predicted molar refractivity (Wildman–Crippen MR) is 206 cm³/mol. The second-order valence-electron chi connectivity index (χ2n) is 12.8. The Morgan fingerprint density at radius 1 is 0.660 bits per heavy atom. The van der Waals surface area contributed by atoms with E-state index in [-0.39, 0.29) is 21.1 Å². The third-order valence-corrected chi connectivity index (χ3v) is 9.07. The van der Waals surface area contributed by atoms with Crippen LogP contribution in [0.25, 0.3) is 61.8 Å². The van der Waals surface area contributed by atoms with Gasteiger partial charge in [0.15, 0.2) is 11.6 Å². The molecular weight excluding hydrogens is 838 g/mol. The molecule has 8 nitrogen and oxygen atoms in total. The van der Waals surface area contributed by atoms with E-state index in [0.717, 1.165) is 55.6 Å². The van der Waals surface area contributed by atoms with Crippen molar-refractivity contribution in [3.8, 4) is 51.5 Å². The van der Waals surface area contributed by atoms with Gasteiger partial charge in [0.2, 0.25) is 0 Å². The zero-order chi connectivity index (χ0) is 35.2. The zero-order valence-electron chi connectivity index (χ0n) is 29.1. The van der Waals surface area contributed by atoms with Crippen molar-refractivity contribution in [2.45, 2.75) is 13.8 Å². The van der Waals surface area contributed by atoms with Crippen molar-refractivity contribution in [2.75, 3.05) is 11.9 Å². The molecule has 0 bridgehead atoms. The molecule has 0 amide bonds. The van der Waals surface area contributed by atoms with E-state index in [0.29, 0.717) is 34.5 Å². The molecule has 0 unspecified atom stereocenters. The number of hydrogen-bond acceptors (Lipinski definition) is 7. The van der Waals surface area contributed by atoms with Crippen LogP contribution in [0.3, 0.4) is 0 Å². The molecule has 0 spiro atoms. The van der Waals surface area contributed by atoms with Gasteiger partial charge in [0.25, 0.3) is 0 Å². The van der Waals surface area contributed by atoms with Gasteiger partial charge in [0.1, 0.15) is 11.6 Å².